The van der Waals surface area contributed by atoms with Crippen LogP contribution in [0.3, 0.4) is 0 Å². The molecule has 1 aromatic rings. The first-order chi connectivity index (χ1) is 12.4. The smallest absolute Gasteiger partial charge is 0.412 e. The number of benzene rings is 1. The maximum absolute atomic E-state index is 2.30. The Morgan fingerprint density at radius 2 is 1.04 bits per heavy atom. The Morgan fingerprint density at radius 3 is 1.54 bits per heavy atom. The van der Waals surface area contributed by atoms with Crippen molar-refractivity contribution in [3.63, 3.8) is 0 Å². The zero-order valence-corrected chi connectivity index (χ0v) is 19.5. The molecule has 0 spiro atoms. The fraction of sp³-hybridized carbons (Fsp3) is 0.750. The molecule has 0 radical (unpaired) electrons. The monoisotopic (exact) mass is 424 g/mol. The standard InChI is InChI=1S/C24H43As.H2O/c1-2-3-4-5-6-7-8-9-10-11-12-13-14-18-22-25-23-21-24-19-16-15-17-20-24;/h15-17,19-20,25H,2-14,18,21-23H2,1H3;1H2. The van der Waals surface area contributed by atoms with Gasteiger partial charge in [-0.3, -0.25) is 0 Å². The van der Waals surface area contributed by atoms with Crippen LogP contribution in [0, 0.1) is 0 Å². The Labute approximate surface area is 170 Å². The van der Waals surface area contributed by atoms with Gasteiger partial charge in [0.1, 0.15) is 0 Å². The molecular formula is C24H45AsO. The van der Waals surface area contributed by atoms with Gasteiger partial charge in [-0.1, -0.05) is 26.2 Å². The van der Waals surface area contributed by atoms with E-state index in [4.69, 9.17) is 0 Å². The summed E-state index contributed by atoms with van der Waals surface area (Å²) in [6, 6.07) is 11.0. The van der Waals surface area contributed by atoms with Crippen molar-refractivity contribution in [2.45, 2.75) is 114 Å². The van der Waals surface area contributed by atoms with Crippen LogP contribution in [0.2, 0.25) is 10.4 Å². The Kier molecular flexibility index (Phi) is 20.8. The van der Waals surface area contributed by atoms with Crippen LogP contribution in [0.25, 0.3) is 0 Å². The Hall–Kier alpha value is -0.262. The van der Waals surface area contributed by atoms with Crippen LogP contribution in [0.15, 0.2) is 30.3 Å². The molecule has 1 aromatic carbocycles. The minimum Gasteiger partial charge on any atom is -0.412 e. The second-order valence-corrected chi connectivity index (χ2v) is 10.7. The summed E-state index contributed by atoms with van der Waals surface area (Å²) in [5, 5.41) is 3.05. The van der Waals surface area contributed by atoms with E-state index >= 15 is 0 Å². The second-order valence-electron chi connectivity index (χ2n) is 7.58. The summed E-state index contributed by atoms with van der Waals surface area (Å²) in [5.41, 5.74) is 1.53. The van der Waals surface area contributed by atoms with E-state index in [2.05, 4.69) is 37.3 Å². The van der Waals surface area contributed by atoms with Crippen LogP contribution in [0.5, 0.6) is 0 Å². The van der Waals surface area contributed by atoms with Gasteiger partial charge in [-0.15, -0.1) is 0 Å². The quantitative estimate of drug-likeness (QED) is 0.177. The third kappa shape index (κ3) is 17.2. The van der Waals surface area contributed by atoms with E-state index in [0.29, 0.717) is 15.8 Å². The molecule has 0 saturated heterocycles. The summed E-state index contributed by atoms with van der Waals surface area (Å²) in [6.45, 7) is 2.30. The van der Waals surface area contributed by atoms with Crippen molar-refractivity contribution in [2.24, 2.45) is 0 Å². The summed E-state index contributed by atoms with van der Waals surface area (Å²) < 4.78 is 0. The Bertz CT molecular complexity index is 366. The normalized spacial score (nSPS) is 11.1. The Balaban J connectivity index is 0.00000625. The van der Waals surface area contributed by atoms with Gasteiger partial charge in [-0.2, -0.15) is 0 Å². The van der Waals surface area contributed by atoms with Gasteiger partial charge in [0.05, 0.1) is 0 Å². The first kappa shape index (κ1) is 25.7. The largest absolute Gasteiger partial charge is 0.412 e. The maximum Gasteiger partial charge on any atom is -0.412 e. The average molecular weight is 425 g/mol. The zero-order chi connectivity index (χ0) is 17.8. The van der Waals surface area contributed by atoms with Crippen molar-refractivity contribution in [3.05, 3.63) is 35.9 Å². The third-order valence-corrected chi connectivity index (χ3v) is 7.89. The van der Waals surface area contributed by atoms with Crippen molar-refractivity contribution in [1.82, 2.24) is 0 Å². The molecule has 2 N–H and O–H groups in total. The van der Waals surface area contributed by atoms with Gasteiger partial charge in [0.2, 0.25) is 0 Å². The second kappa shape index (κ2) is 21.0. The van der Waals surface area contributed by atoms with Crippen LogP contribution < -0.4 is 0 Å². The molecule has 1 atom stereocenters. The molecule has 0 fully saturated rings. The van der Waals surface area contributed by atoms with Crippen LogP contribution in [-0.4, -0.2) is 21.2 Å². The number of rotatable bonds is 18. The van der Waals surface area contributed by atoms with Gasteiger partial charge in [0, 0.05) is 0 Å². The molecule has 0 aliphatic carbocycles. The first-order valence-corrected chi connectivity index (χ1v) is 14.1. The Morgan fingerprint density at radius 1 is 0.577 bits per heavy atom. The maximum atomic E-state index is 2.30. The molecule has 1 unspecified atom stereocenters. The summed E-state index contributed by atoms with van der Waals surface area (Å²) in [6.07, 6.45) is 21.9. The number of unbranched alkanes of at least 4 members (excludes halogenated alkanes) is 13. The number of aryl methyl sites for hydroxylation is 1. The molecule has 0 aliphatic rings. The van der Waals surface area contributed by atoms with Crippen LogP contribution in [0.1, 0.15) is 102 Å². The van der Waals surface area contributed by atoms with E-state index in [1.165, 1.54) is 107 Å². The fourth-order valence-corrected chi connectivity index (χ4v) is 6.00. The average Bonchev–Trinajstić information content (AvgIpc) is 2.65. The van der Waals surface area contributed by atoms with Gasteiger partial charge < -0.3 is 5.48 Å². The predicted octanol–water partition coefficient (Wildman–Crippen LogP) is 7.16. The van der Waals surface area contributed by atoms with Crippen molar-refractivity contribution >= 4 is 15.8 Å². The molecule has 1 rings (SSSR count). The van der Waals surface area contributed by atoms with Crippen molar-refractivity contribution in [3.8, 4) is 0 Å². The third-order valence-electron chi connectivity index (χ3n) is 5.14. The molecule has 0 amide bonds. The molecule has 0 saturated carbocycles. The van der Waals surface area contributed by atoms with E-state index in [0.717, 1.165) is 0 Å². The minimum atomic E-state index is 0. The SMILES string of the molecule is CCCCCCCCCCCCCCCC[AsH]CCc1ccccc1.O. The van der Waals surface area contributed by atoms with Gasteiger partial charge in [-0.25, -0.2) is 0 Å². The van der Waals surface area contributed by atoms with E-state index in [1.54, 1.807) is 5.21 Å². The van der Waals surface area contributed by atoms with Crippen molar-refractivity contribution in [2.75, 3.05) is 0 Å². The topological polar surface area (TPSA) is 31.5 Å². The summed E-state index contributed by atoms with van der Waals surface area (Å²) in [4.78, 5) is 0. The molecule has 0 aliphatic heterocycles. The molecule has 0 aromatic heterocycles. The van der Waals surface area contributed by atoms with Crippen LogP contribution >= 0.6 is 0 Å². The van der Waals surface area contributed by atoms with Gasteiger partial charge in [0.15, 0.2) is 0 Å². The molecule has 1 nitrogen and oxygen atoms in total. The van der Waals surface area contributed by atoms with Gasteiger partial charge >= 0.3 is 139 Å². The van der Waals surface area contributed by atoms with Crippen molar-refractivity contribution < 1.29 is 5.48 Å². The molecule has 0 bridgehead atoms. The van der Waals surface area contributed by atoms with E-state index in [-0.39, 0.29) is 5.48 Å². The molecule has 26 heavy (non-hydrogen) atoms. The van der Waals surface area contributed by atoms with E-state index in [1.807, 2.05) is 0 Å². The van der Waals surface area contributed by atoms with Crippen LogP contribution in [-0.2, 0) is 6.42 Å². The molecular weight excluding hydrogens is 379 g/mol. The number of hydrogen-bond acceptors (Lipinski definition) is 0. The molecule has 2 heteroatoms. The zero-order valence-electron chi connectivity index (χ0n) is 17.4. The molecule has 152 valence electrons. The van der Waals surface area contributed by atoms with Gasteiger partial charge in [-0.05, 0) is 0 Å². The number of hydrogen-bond donors (Lipinski definition) is 0. The molecule has 0 heterocycles. The van der Waals surface area contributed by atoms with Gasteiger partial charge in [0.25, 0.3) is 0 Å². The van der Waals surface area contributed by atoms with Crippen LogP contribution in [0.4, 0.5) is 0 Å². The summed E-state index contributed by atoms with van der Waals surface area (Å²) >= 11 is 0.326. The fourth-order valence-electron chi connectivity index (χ4n) is 3.45. The summed E-state index contributed by atoms with van der Waals surface area (Å²) in [5.74, 6) is 0. The summed E-state index contributed by atoms with van der Waals surface area (Å²) in [7, 11) is 0. The first-order valence-electron chi connectivity index (χ1n) is 11.2. The van der Waals surface area contributed by atoms with E-state index in [9.17, 15) is 0 Å². The van der Waals surface area contributed by atoms with E-state index < -0.39 is 0 Å². The minimum absolute atomic E-state index is 0. The van der Waals surface area contributed by atoms with Crippen molar-refractivity contribution in [1.29, 1.82) is 0 Å². The predicted molar refractivity (Wildman–Crippen MR) is 121 cm³/mol.